The van der Waals surface area contributed by atoms with Crippen molar-refractivity contribution < 1.29 is 14.3 Å². The topological polar surface area (TPSA) is 35.5 Å². The molecule has 3 heteroatoms. The fourth-order valence-corrected chi connectivity index (χ4v) is 3.76. The van der Waals surface area contributed by atoms with Crippen LogP contribution >= 0.6 is 0 Å². The number of rotatable bonds is 3. The summed E-state index contributed by atoms with van der Waals surface area (Å²) in [7, 11) is 0. The summed E-state index contributed by atoms with van der Waals surface area (Å²) in [6.45, 7) is 6.07. The van der Waals surface area contributed by atoms with Crippen LogP contribution in [0, 0.1) is 11.3 Å². The third-order valence-corrected chi connectivity index (χ3v) is 4.71. The Morgan fingerprint density at radius 1 is 1.65 bits per heavy atom. The molecule has 3 rings (SSSR count). The summed E-state index contributed by atoms with van der Waals surface area (Å²) >= 11 is 0. The van der Waals surface area contributed by atoms with E-state index in [1.165, 1.54) is 18.4 Å². The first-order valence-electron chi connectivity index (χ1n) is 7.59. The molecule has 0 aromatic carbocycles. The highest BCUT2D eigenvalue weighted by molar-refractivity contribution is 5.84. The normalized spacial score (nSPS) is 35.0. The Balaban J connectivity index is 2.08. The summed E-state index contributed by atoms with van der Waals surface area (Å²) in [6.07, 6.45) is 10.9. The third kappa shape index (κ3) is 1.91. The second kappa shape index (κ2) is 5.12. The number of esters is 1. The molecule has 3 atom stereocenters. The molecule has 1 saturated heterocycles. The molecule has 20 heavy (non-hydrogen) atoms. The SMILES string of the molecule is C=C[C@H]1C[C@@]2(C(=O)OCC)C=CC[C@@H]3CCCC3=C2O1. The molecule has 0 spiro atoms. The average molecular weight is 274 g/mol. The second-order valence-electron chi connectivity index (χ2n) is 5.87. The first-order chi connectivity index (χ1) is 9.71. The number of ether oxygens (including phenoxy) is 2. The molecule has 1 heterocycles. The maximum Gasteiger partial charge on any atom is 0.323 e. The maximum absolute atomic E-state index is 12.6. The van der Waals surface area contributed by atoms with Crippen molar-refractivity contribution in [2.24, 2.45) is 11.3 Å². The number of hydrogen-bond acceptors (Lipinski definition) is 3. The zero-order valence-corrected chi connectivity index (χ0v) is 12.1. The zero-order valence-electron chi connectivity index (χ0n) is 12.1. The van der Waals surface area contributed by atoms with E-state index in [2.05, 4.69) is 12.7 Å². The van der Waals surface area contributed by atoms with Crippen LogP contribution in [0.2, 0.25) is 0 Å². The molecule has 108 valence electrons. The molecule has 0 amide bonds. The van der Waals surface area contributed by atoms with Crippen LogP contribution in [0.25, 0.3) is 0 Å². The van der Waals surface area contributed by atoms with Gasteiger partial charge in [0.1, 0.15) is 17.3 Å². The summed E-state index contributed by atoms with van der Waals surface area (Å²) in [4.78, 5) is 12.6. The van der Waals surface area contributed by atoms with Crippen LogP contribution in [-0.2, 0) is 14.3 Å². The molecule has 1 saturated carbocycles. The van der Waals surface area contributed by atoms with Crippen molar-refractivity contribution >= 4 is 5.97 Å². The van der Waals surface area contributed by atoms with Crippen molar-refractivity contribution in [2.45, 2.75) is 45.1 Å². The van der Waals surface area contributed by atoms with E-state index < -0.39 is 5.41 Å². The van der Waals surface area contributed by atoms with Gasteiger partial charge in [-0.3, -0.25) is 4.79 Å². The molecule has 2 fully saturated rings. The number of carbonyl (C=O) groups is 1. The predicted molar refractivity (Wildman–Crippen MR) is 76.9 cm³/mol. The highest BCUT2D eigenvalue weighted by Gasteiger charge is 2.53. The Labute approximate surface area is 120 Å². The van der Waals surface area contributed by atoms with Crippen molar-refractivity contribution in [3.8, 4) is 0 Å². The predicted octanol–water partition coefficient (Wildman–Crippen LogP) is 3.52. The first-order valence-corrected chi connectivity index (χ1v) is 7.59. The van der Waals surface area contributed by atoms with E-state index in [1.807, 2.05) is 13.0 Å². The van der Waals surface area contributed by atoms with E-state index in [4.69, 9.17) is 9.47 Å². The van der Waals surface area contributed by atoms with Gasteiger partial charge in [0.05, 0.1) is 6.61 Å². The van der Waals surface area contributed by atoms with Gasteiger partial charge < -0.3 is 9.47 Å². The van der Waals surface area contributed by atoms with Crippen molar-refractivity contribution in [2.75, 3.05) is 6.61 Å². The molecule has 2 aliphatic carbocycles. The lowest BCUT2D eigenvalue weighted by Gasteiger charge is -2.23. The molecule has 0 unspecified atom stereocenters. The fraction of sp³-hybridized carbons (Fsp3) is 0.588. The third-order valence-electron chi connectivity index (χ3n) is 4.71. The highest BCUT2D eigenvalue weighted by Crippen LogP contribution is 2.52. The summed E-state index contributed by atoms with van der Waals surface area (Å²) in [6, 6.07) is 0. The fourth-order valence-electron chi connectivity index (χ4n) is 3.76. The van der Waals surface area contributed by atoms with E-state index in [9.17, 15) is 4.79 Å². The van der Waals surface area contributed by atoms with Crippen LogP contribution in [0.3, 0.4) is 0 Å². The van der Waals surface area contributed by atoms with Gasteiger partial charge in [-0.05, 0) is 44.1 Å². The van der Waals surface area contributed by atoms with Crippen molar-refractivity contribution in [3.05, 3.63) is 36.1 Å². The van der Waals surface area contributed by atoms with Crippen molar-refractivity contribution in [3.63, 3.8) is 0 Å². The number of hydrogen-bond donors (Lipinski definition) is 0. The van der Waals surface area contributed by atoms with Gasteiger partial charge in [-0.1, -0.05) is 24.8 Å². The van der Waals surface area contributed by atoms with Crippen LogP contribution in [0.15, 0.2) is 36.1 Å². The van der Waals surface area contributed by atoms with Gasteiger partial charge in [0.25, 0.3) is 0 Å². The van der Waals surface area contributed by atoms with E-state index in [0.717, 1.165) is 18.6 Å². The van der Waals surface area contributed by atoms with Gasteiger partial charge in [-0.2, -0.15) is 0 Å². The standard InChI is InChI=1S/C17H22O3/c1-3-13-11-17(16(18)19-4-2)10-6-8-12-7-5-9-14(12)15(17)20-13/h3,6,10,12-13H,1,4-5,7-9,11H2,2H3/t12-,13-,17-/m0/s1. The van der Waals surface area contributed by atoms with Crippen LogP contribution in [0.5, 0.6) is 0 Å². The van der Waals surface area contributed by atoms with E-state index in [1.54, 1.807) is 6.08 Å². The van der Waals surface area contributed by atoms with Crippen molar-refractivity contribution in [1.29, 1.82) is 0 Å². The summed E-state index contributed by atoms with van der Waals surface area (Å²) in [5.74, 6) is 1.24. The largest absolute Gasteiger partial charge is 0.489 e. The molecule has 0 bridgehead atoms. The molecular formula is C17H22O3. The molecule has 0 N–H and O–H groups in total. The monoisotopic (exact) mass is 274 g/mol. The number of carbonyl (C=O) groups excluding carboxylic acids is 1. The lowest BCUT2D eigenvalue weighted by atomic mass is 9.80. The molecule has 3 nitrogen and oxygen atoms in total. The van der Waals surface area contributed by atoms with Gasteiger partial charge in [0, 0.05) is 6.42 Å². The van der Waals surface area contributed by atoms with E-state index in [-0.39, 0.29) is 12.1 Å². The molecule has 0 radical (unpaired) electrons. The Hall–Kier alpha value is -1.51. The smallest absolute Gasteiger partial charge is 0.323 e. The highest BCUT2D eigenvalue weighted by atomic mass is 16.5. The summed E-state index contributed by atoms with van der Waals surface area (Å²) in [5.41, 5.74) is 0.635. The molecular weight excluding hydrogens is 252 g/mol. The van der Waals surface area contributed by atoms with Crippen LogP contribution in [0.1, 0.15) is 39.0 Å². The Kier molecular flexibility index (Phi) is 3.45. The molecule has 1 aliphatic heterocycles. The molecule has 3 aliphatic rings. The minimum absolute atomic E-state index is 0.0918. The minimum Gasteiger partial charge on any atom is -0.489 e. The quantitative estimate of drug-likeness (QED) is 0.583. The first kappa shape index (κ1) is 13.5. The van der Waals surface area contributed by atoms with Gasteiger partial charge in [0.2, 0.25) is 0 Å². The van der Waals surface area contributed by atoms with Crippen LogP contribution in [-0.4, -0.2) is 18.7 Å². The lowest BCUT2D eigenvalue weighted by molar-refractivity contribution is -0.150. The van der Waals surface area contributed by atoms with Gasteiger partial charge in [0.15, 0.2) is 0 Å². The number of allylic oxidation sites excluding steroid dienone is 2. The van der Waals surface area contributed by atoms with Gasteiger partial charge >= 0.3 is 5.97 Å². The maximum atomic E-state index is 12.6. The van der Waals surface area contributed by atoms with E-state index >= 15 is 0 Å². The van der Waals surface area contributed by atoms with Crippen molar-refractivity contribution in [1.82, 2.24) is 0 Å². The summed E-state index contributed by atoms with van der Waals surface area (Å²) in [5, 5.41) is 0. The minimum atomic E-state index is -0.705. The lowest BCUT2D eigenvalue weighted by Crippen LogP contribution is -2.31. The van der Waals surface area contributed by atoms with Crippen LogP contribution in [0.4, 0.5) is 0 Å². The average Bonchev–Trinajstić information content (AvgIpc) is 3.01. The zero-order chi connectivity index (χ0) is 14.2. The van der Waals surface area contributed by atoms with Gasteiger partial charge in [-0.15, -0.1) is 0 Å². The number of fused-ring (bicyclic) bond motifs is 2. The van der Waals surface area contributed by atoms with E-state index in [0.29, 0.717) is 18.9 Å². The van der Waals surface area contributed by atoms with Crippen LogP contribution < -0.4 is 0 Å². The summed E-state index contributed by atoms with van der Waals surface area (Å²) < 4.78 is 11.4. The molecule has 0 aromatic heterocycles. The molecule has 0 aromatic rings. The Morgan fingerprint density at radius 2 is 2.50 bits per heavy atom. The van der Waals surface area contributed by atoms with Gasteiger partial charge in [-0.25, -0.2) is 0 Å². The second-order valence-corrected chi connectivity index (χ2v) is 5.87. The Bertz CT molecular complexity index is 488. The Morgan fingerprint density at radius 3 is 3.25 bits per heavy atom.